The molecule has 0 saturated heterocycles. The molecule has 6 nitrogen and oxygen atoms in total. The van der Waals surface area contributed by atoms with E-state index in [0.29, 0.717) is 41.8 Å². The topological polar surface area (TPSA) is 78.1 Å². The Labute approximate surface area is 121 Å². The maximum absolute atomic E-state index is 12.9. The van der Waals surface area contributed by atoms with E-state index in [1.54, 1.807) is 18.3 Å². The number of nitrogens with zero attached hydrogens (tertiary/aromatic N) is 2. The van der Waals surface area contributed by atoms with Gasteiger partial charge in [-0.15, -0.1) is 0 Å². The van der Waals surface area contributed by atoms with Gasteiger partial charge in [0.25, 0.3) is 0 Å². The molecule has 1 aromatic heterocycles. The highest BCUT2D eigenvalue weighted by Crippen LogP contribution is 2.30. The zero-order valence-corrected chi connectivity index (χ0v) is 13.3. The number of rotatable bonds is 7. The first-order valence-corrected chi connectivity index (χ1v) is 8.63. The van der Waals surface area contributed by atoms with Gasteiger partial charge in [0.2, 0.25) is 10.0 Å². The number of hydrogen-bond donors (Lipinski definition) is 2. The molecule has 0 atom stereocenters. The molecule has 0 aromatic carbocycles. The van der Waals surface area contributed by atoms with E-state index < -0.39 is 10.0 Å². The summed E-state index contributed by atoms with van der Waals surface area (Å²) in [5, 5.41) is 9.87. The van der Waals surface area contributed by atoms with Crippen LogP contribution in [0.5, 0.6) is 0 Å². The van der Waals surface area contributed by atoms with Crippen LogP contribution in [0.3, 0.4) is 0 Å². The van der Waals surface area contributed by atoms with Gasteiger partial charge in [-0.2, -0.15) is 9.40 Å². The van der Waals surface area contributed by atoms with E-state index in [4.69, 9.17) is 0 Å². The molecule has 0 spiro atoms. The third-order valence-corrected chi connectivity index (χ3v) is 6.09. The fraction of sp³-hybridized carbons (Fsp3) is 0.769. The molecule has 1 heterocycles. The Morgan fingerprint density at radius 2 is 2.15 bits per heavy atom. The normalized spacial score (nSPS) is 16.6. The Kier molecular flexibility index (Phi) is 4.82. The second-order valence-electron chi connectivity index (χ2n) is 5.41. The quantitative estimate of drug-likeness (QED) is 0.794. The molecule has 1 saturated carbocycles. The Hall–Kier alpha value is -0.920. The van der Waals surface area contributed by atoms with Gasteiger partial charge in [0.1, 0.15) is 4.90 Å². The molecule has 1 aliphatic carbocycles. The average molecular weight is 300 g/mol. The van der Waals surface area contributed by atoms with Crippen molar-refractivity contribution in [3.8, 4) is 0 Å². The smallest absolute Gasteiger partial charge is 0.246 e. The Bertz CT molecular complexity index is 549. The monoisotopic (exact) mass is 300 g/mol. The van der Waals surface area contributed by atoms with Crippen LogP contribution < -0.4 is 5.32 Å². The maximum atomic E-state index is 12.9. The predicted octanol–water partition coefficient (Wildman–Crippen LogP) is 1.25. The van der Waals surface area contributed by atoms with Crippen LogP contribution in [0.15, 0.2) is 4.90 Å². The van der Waals surface area contributed by atoms with E-state index in [0.717, 1.165) is 12.8 Å². The molecule has 2 rings (SSSR count). The van der Waals surface area contributed by atoms with Gasteiger partial charge in [0, 0.05) is 19.6 Å². The van der Waals surface area contributed by atoms with E-state index in [9.17, 15) is 8.42 Å². The highest BCUT2D eigenvalue weighted by molar-refractivity contribution is 7.89. The third-order valence-electron chi connectivity index (χ3n) is 3.94. The van der Waals surface area contributed by atoms with Crippen LogP contribution in [0.1, 0.15) is 37.6 Å². The summed E-state index contributed by atoms with van der Waals surface area (Å²) in [7, 11) is -1.68. The molecule has 0 bridgehead atoms. The van der Waals surface area contributed by atoms with Gasteiger partial charge in [0.05, 0.1) is 11.4 Å². The van der Waals surface area contributed by atoms with Crippen molar-refractivity contribution in [2.75, 3.05) is 20.1 Å². The van der Waals surface area contributed by atoms with Gasteiger partial charge in [-0.1, -0.05) is 13.3 Å². The van der Waals surface area contributed by atoms with Gasteiger partial charge >= 0.3 is 0 Å². The standard InChI is InChI=1S/C13H24N4O2S/c1-4-17(9-11-6-5-7-11)20(18,19)13-10(2)15-16-12(13)8-14-3/h11,14H,4-9H2,1-3H3,(H,15,16). The lowest BCUT2D eigenvalue weighted by Crippen LogP contribution is -2.37. The molecule has 1 aliphatic rings. The SMILES string of the molecule is CCN(CC1CCC1)S(=O)(=O)c1c(CNC)n[nH]c1C. The zero-order chi connectivity index (χ0) is 14.8. The molecule has 7 heteroatoms. The number of H-pyrrole nitrogens is 1. The molecule has 1 fully saturated rings. The second-order valence-corrected chi connectivity index (χ2v) is 7.28. The average Bonchev–Trinajstić information content (AvgIpc) is 2.70. The number of aryl methyl sites for hydroxylation is 1. The largest absolute Gasteiger partial charge is 0.314 e. The summed E-state index contributed by atoms with van der Waals surface area (Å²) in [6.45, 7) is 5.23. The van der Waals surface area contributed by atoms with E-state index in [-0.39, 0.29) is 0 Å². The van der Waals surface area contributed by atoms with Crippen LogP contribution in [0.4, 0.5) is 0 Å². The summed E-state index contributed by atoms with van der Waals surface area (Å²) >= 11 is 0. The molecule has 114 valence electrons. The zero-order valence-electron chi connectivity index (χ0n) is 12.4. The summed E-state index contributed by atoms with van der Waals surface area (Å²) in [4.78, 5) is 0.341. The first-order valence-electron chi connectivity index (χ1n) is 7.19. The van der Waals surface area contributed by atoms with Crippen LogP contribution >= 0.6 is 0 Å². The van der Waals surface area contributed by atoms with Gasteiger partial charge in [-0.05, 0) is 32.7 Å². The summed E-state index contributed by atoms with van der Waals surface area (Å²) in [5.74, 6) is 0.518. The van der Waals surface area contributed by atoms with E-state index in [1.807, 2.05) is 6.92 Å². The molecule has 20 heavy (non-hydrogen) atoms. The predicted molar refractivity (Wildman–Crippen MR) is 77.9 cm³/mol. The summed E-state index contributed by atoms with van der Waals surface area (Å²) in [6.07, 6.45) is 3.50. The van der Waals surface area contributed by atoms with Crippen molar-refractivity contribution in [1.29, 1.82) is 0 Å². The molecular formula is C13H24N4O2S. The van der Waals surface area contributed by atoms with Crippen molar-refractivity contribution in [3.05, 3.63) is 11.4 Å². The number of aromatic amines is 1. The van der Waals surface area contributed by atoms with Crippen molar-refractivity contribution in [3.63, 3.8) is 0 Å². The summed E-state index contributed by atoms with van der Waals surface area (Å²) < 4.78 is 27.3. The Balaban J connectivity index is 2.29. The Morgan fingerprint density at radius 1 is 1.45 bits per heavy atom. The highest BCUT2D eigenvalue weighted by Gasteiger charge is 2.32. The lowest BCUT2D eigenvalue weighted by molar-refractivity contribution is 0.250. The van der Waals surface area contributed by atoms with Gasteiger partial charge in [-0.25, -0.2) is 8.42 Å². The third kappa shape index (κ3) is 2.89. The first-order chi connectivity index (χ1) is 9.50. The van der Waals surface area contributed by atoms with Crippen molar-refractivity contribution in [2.45, 2.75) is 44.6 Å². The second kappa shape index (κ2) is 6.24. The molecule has 1 aromatic rings. The Morgan fingerprint density at radius 3 is 2.65 bits per heavy atom. The minimum Gasteiger partial charge on any atom is -0.314 e. The fourth-order valence-corrected chi connectivity index (χ4v) is 4.44. The number of nitrogens with one attached hydrogen (secondary N) is 2. The van der Waals surface area contributed by atoms with E-state index in [2.05, 4.69) is 15.5 Å². The molecule has 0 radical (unpaired) electrons. The van der Waals surface area contributed by atoms with Crippen molar-refractivity contribution in [2.24, 2.45) is 5.92 Å². The van der Waals surface area contributed by atoms with Crippen LogP contribution in [-0.4, -0.2) is 43.1 Å². The molecule has 0 aliphatic heterocycles. The van der Waals surface area contributed by atoms with Gasteiger partial charge in [-0.3, -0.25) is 5.10 Å². The minimum atomic E-state index is -3.46. The highest BCUT2D eigenvalue weighted by atomic mass is 32.2. The van der Waals surface area contributed by atoms with Gasteiger partial charge in [0.15, 0.2) is 0 Å². The van der Waals surface area contributed by atoms with Gasteiger partial charge < -0.3 is 5.32 Å². The number of sulfonamides is 1. The molecular weight excluding hydrogens is 276 g/mol. The minimum absolute atomic E-state index is 0.341. The van der Waals surface area contributed by atoms with Crippen molar-refractivity contribution in [1.82, 2.24) is 19.8 Å². The molecule has 0 unspecified atom stereocenters. The molecule has 2 N–H and O–H groups in total. The lowest BCUT2D eigenvalue weighted by Gasteiger charge is -2.31. The number of hydrogen-bond acceptors (Lipinski definition) is 4. The van der Waals surface area contributed by atoms with Crippen LogP contribution in [0.2, 0.25) is 0 Å². The molecule has 0 amide bonds. The maximum Gasteiger partial charge on any atom is 0.246 e. The van der Waals surface area contributed by atoms with Crippen molar-refractivity contribution < 1.29 is 8.42 Å². The summed E-state index contributed by atoms with van der Waals surface area (Å²) in [5.41, 5.74) is 1.18. The number of aromatic nitrogens is 2. The first kappa shape index (κ1) is 15.5. The van der Waals surface area contributed by atoms with Crippen LogP contribution in [-0.2, 0) is 16.6 Å². The van der Waals surface area contributed by atoms with E-state index >= 15 is 0 Å². The fourth-order valence-electron chi connectivity index (χ4n) is 2.59. The lowest BCUT2D eigenvalue weighted by atomic mass is 9.85. The summed E-state index contributed by atoms with van der Waals surface area (Å²) in [6, 6.07) is 0. The van der Waals surface area contributed by atoms with Crippen LogP contribution in [0, 0.1) is 12.8 Å². The van der Waals surface area contributed by atoms with E-state index in [1.165, 1.54) is 6.42 Å². The van der Waals surface area contributed by atoms with Crippen molar-refractivity contribution >= 4 is 10.0 Å². The van der Waals surface area contributed by atoms with Crippen LogP contribution in [0.25, 0.3) is 0 Å².